The zero-order valence-corrected chi connectivity index (χ0v) is 12.8. The molecule has 1 saturated carbocycles. The summed E-state index contributed by atoms with van der Waals surface area (Å²) in [6.07, 6.45) is 4.03. The number of nitrogens with one attached hydrogen (secondary N) is 1. The van der Waals surface area contributed by atoms with Crippen molar-refractivity contribution in [3.63, 3.8) is 0 Å². The number of primary sulfonamides is 1. The van der Waals surface area contributed by atoms with Crippen molar-refractivity contribution in [3.8, 4) is 0 Å². The standard InChI is InChI=1S/C13H15N3O3S2/c14-21(18,19)9-5-6-10-11(7-9)20-13(15-10)16-12(17)8-3-1-2-4-8/h5-8H,1-4H2,(H2,14,18,19)(H,15,16,17). The van der Waals surface area contributed by atoms with Gasteiger partial charge in [-0.3, -0.25) is 4.79 Å². The second-order valence-corrected chi connectivity index (χ2v) is 7.76. The molecular weight excluding hydrogens is 310 g/mol. The van der Waals surface area contributed by atoms with Crippen LogP contribution in [0.25, 0.3) is 10.2 Å². The zero-order chi connectivity index (χ0) is 15.0. The lowest BCUT2D eigenvalue weighted by Gasteiger charge is -2.06. The molecule has 21 heavy (non-hydrogen) atoms. The predicted octanol–water partition coefficient (Wildman–Crippen LogP) is 2.07. The molecule has 6 nitrogen and oxygen atoms in total. The SMILES string of the molecule is NS(=O)(=O)c1ccc2nc(NC(=O)C3CCCC3)sc2c1. The second-order valence-electron chi connectivity index (χ2n) is 5.16. The third-order valence-electron chi connectivity index (χ3n) is 3.64. The highest BCUT2D eigenvalue weighted by Crippen LogP contribution is 2.30. The van der Waals surface area contributed by atoms with Crippen molar-refractivity contribution in [3.05, 3.63) is 18.2 Å². The van der Waals surface area contributed by atoms with Gasteiger partial charge in [0.15, 0.2) is 5.13 Å². The minimum absolute atomic E-state index is 0.00164. The van der Waals surface area contributed by atoms with Crippen LogP contribution in [0.2, 0.25) is 0 Å². The summed E-state index contributed by atoms with van der Waals surface area (Å²) in [7, 11) is -3.73. The number of anilines is 1. The normalized spacial score (nSPS) is 16.4. The van der Waals surface area contributed by atoms with Crippen molar-refractivity contribution in [2.24, 2.45) is 11.1 Å². The van der Waals surface area contributed by atoms with E-state index in [2.05, 4.69) is 10.3 Å². The van der Waals surface area contributed by atoms with E-state index in [9.17, 15) is 13.2 Å². The molecule has 0 atom stereocenters. The van der Waals surface area contributed by atoms with Crippen LogP contribution in [0.4, 0.5) is 5.13 Å². The number of nitrogens with two attached hydrogens (primary N) is 1. The van der Waals surface area contributed by atoms with Crippen LogP contribution in [-0.2, 0) is 14.8 Å². The highest BCUT2D eigenvalue weighted by Gasteiger charge is 2.23. The molecule has 1 aromatic heterocycles. The van der Waals surface area contributed by atoms with Crippen LogP contribution >= 0.6 is 11.3 Å². The van der Waals surface area contributed by atoms with Crippen LogP contribution in [0.15, 0.2) is 23.1 Å². The number of benzene rings is 1. The lowest BCUT2D eigenvalue weighted by molar-refractivity contribution is -0.119. The molecule has 1 amide bonds. The number of thiazole rings is 1. The van der Waals surface area contributed by atoms with Crippen molar-refractivity contribution < 1.29 is 13.2 Å². The summed E-state index contributed by atoms with van der Waals surface area (Å²) in [5.41, 5.74) is 0.647. The first-order valence-electron chi connectivity index (χ1n) is 6.68. The molecular formula is C13H15N3O3S2. The predicted molar refractivity (Wildman–Crippen MR) is 81.6 cm³/mol. The summed E-state index contributed by atoms with van der Waals surface area (Å²) in [4.78, 5) is 16.4. The molecule has 0 bridgehead atoms. The summed E-state index contributed by atoms with van der Waals surface area (Å²) < 4.78 is 23.3. The summed E-state index contributed by atoms with van der Waals surface area (Å²) in [6.45, 7) is 0. The summed E-state index contributed by atoms with van der Waals surface area (Å²) >= 11 is 1.25. The van der Waals surface area contributed by atoms with Gasteiger partial charge in [0.2, 0.25) is 15.9 Å². The van der Waals surface area contributed by atoms with Gasteiger partial charge in [-0.05, 0) is 31.0 Å². The molecule has 1 aliphatic carbocycles. The first-order chi connectivity index (χ1) is 9.93. The van der Waals surface area contributed by atoms with Gasteiger partial charge in [-0.15, -0.1) is 0 Å². The topological polar surface area (TPSA) is 102 Å². The molecule has 3 N–H and O–H groups in total. The van der Waals surface area contributed by atoms with Crippen LogP contribution in [0.1, 0.15) is 25.7 Å². The number of nitrogens with zero attached hydrogens (tertiary/aromatic N) is 1. The molecule has 2 aromatic rings. The van der Waals surface area contributed by atoms with E-state index >= 15 is 0 Å². The van der Waals surface area contributed by atoms with E-state index in [0.29, 0.717) is 15.3 Å². The average Bonchev–Trinajstić information content (AvgIpc) is 3.05. The van der Waals surface area contributed by atoms with Crippen molar-refractivity contribution >= 4 is 42.6 Å². The van der Waals surface area contributed by atoms with E-state index in [0.717, 1.165) is 25.7 Å². The fourth-order valence-corrected chi connectivity index (χ4v) is 4.05. The number of hydrogen-bond donors (Lipinski definition) is 2. The molecule has 3 rings (SSSR count). The minimum Gasteiger partial charge on any atom is -0.302 e. The van der Waals surface area contributed by atoms with Crippen LogP contribution in [0.3, 0.4) is 0 Å². The van der Waals surface area contributed by atoms with E-state index in [1.165, 1.54) is 23.5 Å². The van der Waals surface area contributed by atoms with Crippen LogP contribution in [-0.4, -0.2) is 19.3 Å². The Hall–Kier alpha value is -1.51. The molecule has 0 saturated heterocycles. The largest absolute Gasteiger partial charge is 0.302 e. The third kappa shape index (κ3) is 3.07. The number of carbonyl (C=O) groups is 1. The Morgan fingerprint density at radius 3 is 2.71 bits per heavy atom. The molecule has 0 spiro atoms. The minimum atomic E-state index is -3.73. The fraction of sp³-hybridized carbons (Fsp3) is 0.385. The van der Waals surface area contributed by atoms with Gasteiger partial charge in [0.1, 0.15) is 0 Å². The van der Waals surface area contributed by atoms with Crippen LogP contribution in [0.5, 0.6) is 0 Å². The van der Waals surface area contributed by atoms with Crippen molar-refractivity contribution in [2.75, 3.05) is 5.32 Å². The first kappa shape index (κ1) is 14.4. The number of aromatic nitrogens is 1. The highest BCUT2D eigenvalue weighted by molar-refractivity contribution is 7.89. The van der Waals surface area contributed by atoms with Gasteiger partial charge in [0, 0.05) is 5.92 Å². The second kappa shape index (κ2) is 5.36. The summed E-state index contributed by atoms with van der Waals surface area (Å²) in [5.74, 6) is 0.0650. The maximum absolute atomic E-state index is 12.1. The highest BCUT2D eigenvalue weighted by atomic mass is 32.2. The van der Waals surface area contributed by atoms with Gasteiger partial charge >= 0.3 is 0 Å². The number of hydrogen-bond acceptors (Lipinski definition) is 5. The van der Waals surface area contributed by atoms with E-state index in [4.69, 9.17) is 5.14 Å². The van der Waals surface area contributed by atoms with Crippen LogP contribution < -0.4 is 10.5 Å². The maximum atomic E-state index is 12.1. The Bertz CT molecular complexity index is 792. The zero-order valence-electron chi connectivity index (χ0n) is 11.2. The van der Waals surface area contributed by atoms with Crippen molar-refractivity contribution in [1.82, 2.24) is 4.98 Å². The number of amides is 1. The van der Waals surface area contributed by atoms with Gasteiger partial charge in [0.05, 0.1) is 15.1 Å². The molecule has 112 valence electrons. The average molecular weight is 325 g/mol. The molecule has 1 fully saturated rings. The lowest BCUT2D eigenvalue weighted by Crippen LogP contribution is -2.19. The van der Waals surface area contributed by atoms with E-state index in [1.54, 1.807) is 6.07 Å². The Balaban J connectivity index is 1.85. The molecule has 1 heterocycles. The molecule has 0 aliphatic heterocycles. The van der Waals surface area contributed by atoms with Gasteiger partial charge in [0.25, 0.3) is 0 Å². The Morgan fingerprint density at radius 1 is 1.33 bits per heavy atom. The number of sulfonamides is 1. The van der Waals surface area contributed by atoms with Gasteiger partial charge < -0.3 is 5.32 Å². The number of carbonyl (C=O) groups excluding carboxylic acids is 1. The van der Waals surface area contributed by atoms with Gasteiger partial charge in [-0.1, -0.05) is 24.2 Å². The van der Waals surface area contributed by atoms with E-state index in [1.807, 2.05) is 0 Å². The van der Waals surface area contributed by atoms with E-state index < -0.39 is 10.0 Å². The van der Waals surface area contributed by atoms with Gasteiger partial charge in [-0.2, -0.15) is 0 Å². The smallest absolute Gasteiger partial charge is 0.238 e. The quantitative estimate of drug-likeness (QED) is 0.901. The molecule has 1 aliphatic rings. The molecule has 0 unspecified atom stereocenters. The first-order valence-corrected chi connectivity index (χ1v) is 9.04. The third-order valence-corrected chi connectivity index (χ3v) is 5.49. The molecule has 0 radical (unpaired) electrons. The Kier molecular flexibility index (Phi) is 3.68. The molecule has 8 heteroatoms. The van der Waals surface area contributed by atoms with Crippen molar-refractivity contribution in [2.45, 2.75) is 30.6 Å². The van der Waals surface area contributed by atoms with Crippen LogP contribution in [0, 0.1) is 5.92 Å². The Labute approximate surface area is 126 Å². The fourth-order valence-electron chi connectivity index (χ4n) is 2.53. The Morgan fingerprint density at radius 2 is 2.05 bits per heavy atom. The number of rotatable bonds is 3. The number of fused-ring (bicyclic) bond motifs is 1. The van der Waals surface area contributed by atoms with Crippen molar-refractivity contribution in [1.29, 1.82) is 0 Å². The summed E-state index contributed by atoms with van der Waals surface area (Å²) in [5, 5.41) is 8.42. The maximum Gasteiger partial charge on any atom is 0.238 e. The molecule has 1 aromatic carbocycles. The van der Waals surface area contributed by atoms with E-state index in [-0.39, 0.29) is 16.7 Å². The van der Waals surface area contributed by atoms with Gasteiger partial charge in [-0.25, -0.2) is 18.5 Å². The summed E-state index contributed by atoms with van der Waals surface area (Å²) in [6, 6.07) is 4.49. The monoisotopic (exact) mass is 325 g/mol. The lowest BCUT2D eigenvalue weighted by atomic mass is 10.1.